The molecule has 0 spiro atoms. The molecule has 1 amide bonds. The maximum absolute atomic E-state index is 12.1. The average molecular weight is 297 g/mol. The third kappa shape index (κ3) is 3.82. The minimum Gasteiger partial charge on any atom is -0.341 e. The molecule has 0 atom stereocenters. The first-order valence-electron chi connectivity index (χ1n) is 5.98. The second-order valence-electron chi connectivity index (χ2n) is 4.29. The molecule has 1 fully saturated rings. The zero-order valence-electron chi connectivity index (χ0n) is 9.79. The van der Waals surface area contributed by atoms with Crippen molar-refractivity contribution >= 4 is 21.8 Å². The lowest BCUT2D eigenvalue weighted by Gasteiger charge is -2.19. The Labute approximate surface area is 110 Å². The van der Waals surface area contributed by atoms with Gasteiger partial charge in [0.1, 0.15) is 0 Å². The first-order chi connectivity index (χ1) is 8.25. The molecule has 0 unspecified atom stereocenters. The van der Waals surface area contributed by atoms with Gasteiger partial charge in [0.15, 0.2) is 0 Å². The van der Waals surface area contributed by atoms with E-state index in [1.54, 1.807) is 0 Å². The summed E-state index contributed by atoms with van der Waals surface area (Å²) in [6.07, 6.45) is 1.55. The van der Waals surface area contributed by atoms with E-state index in [1.165, 1.54) is 0 Å². The molecule has 0 radical (unpaired) electrons. The fourth-order valence-corrected chi connectivity index (χ4v) is 2.25. The second-order valence-corrected chi connectivity index (χ2v) is 5.20. The van der Waals surface area contributed by atoms with Gasteiger partial charge in [-0.25, -0.2) is 0 Å². The van der Waals surface area contributed by atoms with Gasteiger partial charge in [-0.15, -0.1) is 0 Å². The van der Waals surface area contributed by atoms with Crippen molar-refractivity contribution in [3.63, 3.8) is 0 Å². The first-order valence-corrected chi connectivity index (χ1v) is 6.78. The highest BCUT2D eigenvalue weighted by atomic mass is 79.9. The van der Waals surface area contributed by atoms with Gasteiger partial charge in [-0.05, 0) is 30.7 Å². The summed E-state index contributed by atoms with van der Waals surface area (Å²) in [5.41, 5.74) is 1.08. The van der Waals surface area contributed by atoms with Crippen LogP contribution < -0.4 is 5.32 Å². The molecule has 0 bridgehead atoms. The summed E-state index contributed by atoms with van der Waals surface area (Å²) < 4.78 is 1.05. The summed E-state index contributed by atoms with van der Waals surface area (Å²) in [5.74, 6) is 0.232. The van der Waals surface area contributed by atoms with Gasteiger partial charge in [-0.1, -0.05) is 28.1 Å². The number of carbonyl (C=O) groups is 1. The Kier molecular flexibility index (Phi) is 4.57. The van der Waals surface area contributed by atoms with Crippen LogP contribution in [0.4, 0.5) is 0 Å². The molecule has 17 heavy (non-hydrogen) atoms. The molecule has 1 N–H and O–H groups in total. The minimum atomic E-state index is 0.232. The van der Waals surface area contributed by atoms with Crippen LogP contribution in [0.1, 0.15) is 12.0 Å². The molecule has 1 aromatic rings. The molecular formula is C13H17BrN2O. The van der Waals surface area contributed by atoms with Gasteiger partial charge >= 0.3 is 0 Å². The van der Waals surface area contributed by atoms with Crippen LogP contribution in [0.2, 0.25) is 0 Å². The van der Waals surface area contributed by atoms with Crippen LogP contribution in [0.25, 0.3) is 0 Å². The molecule has 2 rings (SSSR count). The van der Waals surface area contributed by atoms with Crippen molar-refractivity contribution in [2.45, 2.75) is 12.8 Å². The highest BCUT2D eigenvalue weighted by Gasteiger charge is 2.15. The topological polar surface area (TPSA) is 32.3 Å². The van der Waals surface area contributed by atoms with Crippen LogP contribution in [0, 0.1) is 0 Å². The fourth-order valence-electron chi connectivity index (χ4n) is 1.98. The number of hydrogen-bond acceptors (Lipinski definition) is 2. The molecule has 0 aliphatic carbocycles. The molecule has 0 aromatic heterocycles. The summed E-state index contributed by atoms with van der Waals surface area (Å²) in [4.78, 5) is 14.1. The van der Waals surface area contributed by atoms with Gasteiger partial charge in [-0.3, -0.25) is 4.79 Å². The second kappa shape index (κ2) is 6.17. The van der Waals surface area contributed by atoms with Crippen molar-refractivity contribution in [1.29, 1.82) is 0 Å². The maximum Gasteiger partial charge on any atom is 0.227 e. The van der Waals surface area contributed by atoms with E-state index in [0.717, 1.165) is 42.6 Å². The predicted molar refractivity (Wildman–Crippen MR) is 71.9 cm³/mol. The SMILES string of the molecule is O=C(Cc1ccc(Br)cc1)N1CCCNCC1. The van der Waals surface area contributed by atoms with Crippen LogP contribution in [0.15, 0.2) is 28.7 Å². The summed E-state index contributed by atoms with van der Waals surface area (Å²) in [6.45, 7) is 3.63. The molecule has 1 saturated heterocycles. The number of benzene rings is 1. The lowest BCUT2D eigenvalue weighted by atomic mass is 10.1. The van der Waals surface area contributed by atoms with Crippen LogP contribution >= 0.6 is 15.9 Å². The Hall–Kier alpha value is -0.870. The monoisotopic (exact) mass is 296 g/mol. The maximum atomic E-state index is 12.1. The highest BCUT2D eigenvalue weighted by Crippen LogP contribution is 2.12. The largest absolute Gasteiger partial charge is 0.341 e. The lowest BCUT2D eigenvalue weighted by molar-refractivity contribution is -0.130. The number of amides is 1. The smallest absolute Gasteiger partial charge is 0.227 e. The average Bonchev–Trinajstić information content (AvgIpc) is 2.61. The van der Waals surface area contributed by atoms with Crippen LogP contribution in [0.3, 0.4) is 0 Å². The Balaban J connectivity index is 1.93. The van der Waals surface area contributed by atoms with Crippen LogP contribution in [-0.4, -0.2) is 37.0 Å². The molecule has 1 aromatic carbocycles. The molecule has 92 valence electrons. The van der Waals surface area contributed by atoms with E-state index < -0.39 is 0 Å². The number of hydrogen-bond donors (Lipinski definition) is 1. The number of rotatable bonds is 2. The first kappa shape index (κ1) is 12.6. The highest BCUT2D eigenvalue weighted by molar-refractivity contribution is 9.10. The Morgan fingerprint density at radius 3 is 2.76 bits per heavy atom. The van der Waals surface area contributed by atoms with Crippen molar-refractivity contribution < 1.29 is 4.79 Å². The third-order valence-electron chi connectivity index (χ3n) is 2.96. The summed E-state index contributed by atoms with van der Waals surface area (Å²) in [6, 6.07) is 7.95. The number of halogens is 1. The zero-order chi connectivity index (χ0) is 12.1. The van der Waals surface area contributed by atoms with E-state index in [0.29, 0.717) is 6.42 Å². The quantitative estimate of drug-likeness (QED) is 0.903. The van der Waals surface area contributed by atoms with E-state index in [9.17, 15) is 4.79 Å². The van der Waals surface area contributed by atoms with E-state index in [4.69, 9.17) is 0 Å². The van der Waals surface area contributed by atoms with Gasteiger partial charge < -0.3 is 10.2 Å². The summed E-state index contributed by atoms with van der Waals surface area (Å²) >= 11 is 3.39. The Morgan fingerprint density at radius 2 is 2.00 bits per heavy atom. The van der Waals surface area contributed by atoms with E-state index in [2.05, 4.69) is 21.2 Å². The molecule has 1 aliphatic heterocycles. The summed E-state index contributed by atoms with van der Waals surface area (Å²) in [5, 5.41) is 3.30. The molecule has 1 aliphatic rings. The predicted octanol–water partition coefficient (Wildman–Crippen LogP) is 1.81. The van der Waals surface area contributed by atoms with Crippen molar-refractivity contribution in [3.05, 3.63) is 34.3 Å². The van der Waals surface area contributed by atoms with Gasteiger partial charge in [0, 0.05) is 24.1 Å². The zero-order valence-corrected chi connectivity index (χ0v) is 11.4. The van der Waals surface area contributed by atoms with Gasteiger partial charge in [0.25, 0.3) is 0 Å². The van der Waals surface area contributed by atoms with Crippen molar-refractivity contribution in [3.8, 4) is 0 Å². The van der Waals surface area contributed by atoms with Crippen LogP contribution in [0.5, 0.6) is 0 Å². The third-order valence-corrected chi connectivity index (χ3v) is 3.49. The number of carbonyl (C=O) groups excluding carboxylic acids is 1. The van der Waals surface area contributed by atoms with Crippen molar-refractivity contribution in [1.82, 2.24) is 10.2 Å². The Bertz CT molecular complexity index is 370. The van der Waals surface area contributed by atoms with Gasteiger partial charge in [-0.2, -0.15) is 0 Å². The fraction of sp³-hybridized carbons (Fsp3) is 0.462. The molecule has 0 saturated carbocycles. The number of nitrogens with one attached hydrogen (secondary N) is 1. The molecule has 1 heterocycles. The minimum absolute atomic E-state index is 0.232. The van der Waals surface area contributed by atoms with Gasteiger partial charge in [0.05, 0.1) is 6.42 Å². The van der Waals surface area contributed by atoms with E-state index in [1.807, 2.05) is 29.2 Å². The molecule has 3 nitrogen and oxygen atoms in total. The van der Waals surface area contributed by atoms with Crippen molar-refractivity contribution in [2.24, 2.45) is 0 Å². The lowest BCUT2D eigenvalue weighted by Crippen LogP contribution is -2.35. The normalized spacial score (nSPS) is 16.6. The van der Waals surface area contributed by atoms with Gasteiger partial charge in [0.2, 0.25) is 5.91 Å². The van der Waals surface area contributed by atoms with Crippen molar-refractivity contribution in [2.75, 3.05) is 26.2 Å². The van der Waals surface area contributed by atoms with Crippen LogP contribution in [-0.2, 0) is 11.2 Å². The standard InChI is InChI=1S/C13H17BrN2O/c14-12-4-2-11(3-5-12)10-13(17)16-8-1-6-15-7-9-16/h2-5,15H,1,6-10H2. The molecule has 4 heteroatoms. The number of nitrogens with zero attached hydrogens (tertiary/aromatic N) is 1. The summed E-state index contributed by atoms with van der Waals surface area (Å²) in [7, 11) is 0. The molecular weight excluding hydrogens is 280 g/mol. The van der Waals surface area contributed by atoms with E-state index >= 15 is 0 Å². The Morgan fingerprint density at radius 1 is 1.24 bits per heavy atom. The van der Waals surface area contributed by atoms with E-state index in [-0.39, 0.29) is 5.91 Å².